The van der Waals surface area contributed by atoms with Crippen LogP contribution in [0.3, 0.4) is 0 Å². The number of carbonyl (C=O) groups excluding carboxylic acids is 2. The lowest BCUT2D eigenvalue weighted by molar-refractivity contribution is -0.153. The summed E-state index contributed by atoms with van der Waals surface area (Å²) < 4.78 is 24.1. The first kappa shape index (κ1) is 32.9. The molecule has 2 heterocycles. The van der Waals surface area contributed by atoms with Crippen LogP contribution >= 0.6 is 11.6 Å². The molecule has 1 aliphatic heterocycles. The van der Waals surface area contributed by atoms with Crippen molar-refractivity contribution in [2.45, 2.75) is 46.3 Å². The number of amides is 1. The maximum absolute atomic E-state index is 13.6. The van der Waals surface area contributed by atoms with E-state index in [1.807, 2.05) is 41.8 Å². The Morgan fingerprint density at radius 3 is 2.50 bits per heavy atom. The van der Waals surface area contributed by atoms with Crippen LogP contribution in [-0.2, 0) is 19.0 Å². The Kier molecular flexibility index (Phi) is 10.6. The third kappa shape index (κ3) is 7.74. The first-order valence-electron chi connectivity index (χ1n) is 14.3. The highest BCUT2D eigenvalue weighted by Crippen LogP contribution is 2.36. The van der Waals surface area contributed by atoms with Gasteiger partial charge < -0.3 is 24.7 Å². The number of esters is 1. The molecule has 2 aromatic carbocycles. The van der Waals surface area contributed by atoms with E-state index in [2.05, 4.69) is 10.2 Å². The second-order valence-electron chi connectivity index (χ2n) is 11.3. The van der Waals surface area contributed by atoms with E-state index in [4.69, 9.17) is 41.3 Å². The molecule has 4 rings (SSSR count). The van der Waals surface area contributed by atoms with E-state index in [1.54, 1.807) is 46.9 Å². The number of aryl methyl sites for hydroxylation is 1. The van der Waals surface area contributed by atoms with Crippen LogP contribution in [0, 0.1) is 12.8 Å². The monoisotopic (exact) mass is 626 g/mol. The molecule has 0 aliphatic carbocycles. The van der Waals surface area contributed by atoms with Crippen LogP contribution in [0.1, 0.15) is 56.5 Å². The summed E-state index contributed by atoms with van der Waals surface area (Å²) in [5, 5.41) is 9.34. The Morgan fingerprint density at radius 1 is 1.11 bits per heavy atom. The van der Waals surface area contributed by atoms with Crippen LogP contribution < -0.4 is 10.5 Å². The van der Waals surface area contributed by atoms with Crippen LogP contribution in [0.25, 0.3) is 5.69 Å². The fourth-order valence-electron chi connectivity index (χ4n) is 4.63. The number of aliphatic imine (C=N–C) groups is 1. The molecule has 1 aromatic heterocycles. The molecule has 3 aromatic rings. The van der Waals surface area contributed by atoms with E-state index in [0.29, 0.717) is 41.3 Å². The van der Waals surface area contributed by atoms with Gasteiger partial charge in [-0.2, -0.15) is 0 Å². The molecule has 44 heavy (non-hydrogen) atoms. The van der Waals surface area contributed by atoms with Crippen LogP contribution in [0.15, 0.2) is 47.5 Å². The van der Waals surface area contributed by atoms with Crippen molar-refractivity contribution >= 4 is 29.4 Å². The largest absolute Gasteiger partial charge is 0.497 e. The molecule has 236 valence electrons. The number of nitrogens with zero attached hydrogens (tertiary/aromatic N) is 5. The van der Waals surface area contributed by atoms with Gasteiger partial charge in [0.1, 0.15) is 23.2 Å². The number of aromatic nitrogens is 3. The zero-order valence-corrected chi connectivity index (χ0v) is 26.6. The van der Waals surface area contributed by atoms with Gasteiger partial charge in [-0.15, -0.1) is 10.2 Å². The summed E-state index contributed by atoms with van der Waals surface area (Å²) in [6, 6.07) is 12.2. The van der Waals surface area contributed by atoms with Crippen molar-refractivity contribution < 1.29 is 28.5 Å². The summed E-state index contributed by atoms with van der Waals surface area (Å²) >= 11 is 6.20. The van der Waals surface area contributed by atoms with Crippen molar-refractivity contribution in [3.8, 4) is 11.4 Å². The van der Waals surface area contributed by atoms with Gasteiger partial charge in [0.25, 0.3) is 0 Å². The van der Waals surface area contributed by atoms with Gasteiger partial charge in [-0.05, 0) is 65.0 Å². The smallest absolute Gasteiger partial charge is 0.413 e. The maximum Gasteiger partial charge on any atom is 0.413 e. The summed E-state index contributed by atoms with van der Waals surface area (Å²) in [4.78, 5) is 32.9. The molecule has 0 bridgehead atoms. The average molecular weight is 627 g/mol. The molecule has 0 radical (unpaired) electrons. The number of rotatable bonds is 11. The average Bonchev–Trinajstić information content (AvgIpc) is 3.29. The molecule has 0 saturated carbocycles. The van der Waals surface area contributed by atoms with Gasteiger partial charge >= 0.3 is 12.1 Å². The standard InChI is InChI=1S/C31H39ClN6O6/c1-19(29(39)43-18-37(14-16-42-15-13-33)30(40)44-31(3,4)5)26-28-36-35-20(2)38(28)25-12-11-23(41-6)17-24(25)27(34-26)21-7-9-22(32)10-8-21/h7-12,17,19,26H,13-16,18,33H2,1-6H3/t19-,26+/m1/s1. The molecule has 0 unspecified atom stereocenters. The summed E-state index contributed by atoms with van der Waals surface area (Å²) in [6.07, 6.45) is -0.633. The predicted octanol–water partition coefficient (Wildman–Crippen LogP) is 4.48. The molecule has 12 nitrogen and oxygen atoms in total. The van der Waals surface area contributed by atoms with Crippen molar-refractivity contribution in [1.29, 1.82) is 0 Å². The van der Waals surface area contributed by atoms with E-state index in [9.17, 15) is 9.59 Å². The van der Waals surface area contributed by atoms with E-state index in [-0.39, 0.29) is 19.9 Å². The molecule has 2 N–H and O–H groups in total. The number of carbonyl (C=O) groups is 2. The van der Waals surface area contributed by atoms with Crippen LogP contribution in [0.2, 0.25) is 5.02 Å². The number of hydrogen-bond acceptors (Lipinski definition) is 10. The molecular weight excluding hydrogens is 588 g/mol. The second kappa shape index (κ2) is 14.2. The summed E-state index contributed by atoms with van der Waals surface area (Å²) in [7, 11) is 1.60. The first-order valence-corrected chi connectivity index (χ1v) is 14.7. The molecule has 1 aliphatic rings. The number of halogens is 1. The topological polar surface area (TPSA) is 143 Å². The van der Waals surface area contributed by atoms with Gasteiger partial charge in [-0.1, -0.05) is 23.7 Å². The van der Waals surface area contributed by atoms with Crippen molar-refractivity contribution in [2.75, 3.05) is 40.1 Å². The number of ether oxygens (including phenoxy) is 4. The lowest BCUT2D eigenvalue weighted by atomic mass is 9.99. The van der Waals surface area contributed by atoms with Gasteiger partial charge in [0.2, 0.25) is 0 Å². The van der Waals surface area contributed by atoms with Gasteiger partial charge in [0, 0.05) is 22.7 Å². The van der Waals surface area contributed by atoms with Gasteiger partial charge in [0.05, 0.1) is 44.2 Å². The maximum atomic E-state index is 13.6. The molecule has 1 amide bonds. The number of hydrogen-bond donors (Lipinski definition) is 1. The van der Waals surface area contributed by atoms with E-state index in [0.717, 1.165) is 16.8 Å². The zero-order valence-electron chi connectivity index (χ0n) is 25.9. The Balaban J connectivity index is 1.68. The lowest BCUT2D eigenvalue weighted by Gasteiger charge is -2.27. The number of nitrogens with two attached hydrogens (primary N) is 1. The SMILES string of the molecule is COc1ccc2c(c1)C(c1ccc(Cl)cc1)=N[C@@H]([C@@H](C)C(=O)OCN(CCOCCN)C(=O)OC(C)(C)C)c1nnc(C)n1-2. The van der Waals surface area contributed by atoms with Crippen LogP contribution in [-0.4, -0.2) is 83.2 Å². The predicted molar refractivity (Wildman–Crippen MR) is 165 cm³/mol. The number of fused-ring (bicyclic) bond motifs is 3. The third-order valence-electron chi connectivity index (χ3n) is 6.83. The van der Waals surface area contributed by atoms with E-state index >= 15 is 0 Å². The molecule has 2 atom stereocenters. The van der Waals surface area contributed by atoms with Crippen molar-refractivity contribution in [3.63, 3.8) is 0 Å². The van der Waals surface area contributed by atoms with E-state index in [1.165, 1.54) is 4.90 Å². The third-order valence-corrected chi connectivity index (χ3v) is 7.08. The summed E-state index contributed by atoms with van der Waals surface area (Å²) in [5.74, 6) is 0.340. The molecule has 0 saturated heterocycles. The molecule has 13 heteroatoms. The highest BCUT2D eigenvalue weighted by atomic mass is 35.5. The minimum absolute atomic E-state index is 0.142. The zero-order chi connectivity index (χ0) is 32.0. The minimum atomic E-state index is -0.815. The fraction of sp³-hybridized carbons (Fsp3) is 0.452. The van der Waals surface area contributed by atoms with Gasteiger partial charge in [0.15, 0.2) is 12.6 Å². The lowest BCUT2D eigenvalue weighted by Crippen LogP contribution is -2.41. The highest BCUT2D eigenvalue weighted by molar-refractivity contribution is 6.30. The summed E-state index contributed by atoms with van der Waals surface area (Å²) in [5.41, 5.74) is 7.73. The molecular formula is C31H39ClN6O6. The Morgan fingerprint density at radius 2 is 1.84 bits per heavy atom. The van der Waals surface area contributed by atoms with E-state index < -0.39 is 29.6 Å². The Bertz CT molecular complexity index is 1500. The number of benzene rings is 2. The quantitative estimate of drug-likeness (QED) is 0.185. The van der Waals surface area contributed by atoms with Crippen molar-refractivity contribution in [3.05, 3.63) is 70.3 Å². The fourth-order valence-corrected chi connectivity index (χ4v) is 4.76. The number of methoxy groups -OCH3 is 1. The van der Waals surface area contributed by atoms with Crippen LogP contribution in [0.5, 0.6) is 5.75 Å². The van der Waals surface area contributed by atoms with Crippen LogP contribution in [0.4, 0.5) is 4.79 Å². The molecule has 0 fully saturated rings. The van der Waals surface area contributed by atoms with Gasteiger partial charge in [-0.3, -0.25) is 19.3 Å². The van der Waals surface area contributed by atoms with Crippen molar-refractivity contribution in [2.24, 2.45) is 16.6 Å². The highest BCUT2D eigenvalue weighted by Gasteiger charge is 2.36. The summed E-state index contributed by atoms with van der Waals surface area (Å²) in [6.45, 7) is 9.51. The normalized spacial score (nSPS) is 14.9. The minimum Gasteiger partial charge on any atom is -0.497 e. The van der Waals surface area contributed by atoms with Gasteiger partial charge in [-0.25, -0.2) is 4.79 Å². The second-order valence-corrected chi connectivity index (χ2v) is 11.7. The Hall–Kier alpha value is -4.00. The Labute approximate surface area is 262 Å². The molecule has 0 spiro atoms. The first-order chi connectivity index (χ1) is 20.9. The van der Waals surface area contributed by atoms with Crippen molar-refractivity contribution in [1.82, 2.24) is 19.7 Å².